The van der Waals surface area contributed by atoms with Gasteiger partial charge in [0.25, 0.3) is 0 Å². The zero-order valence-electron chi connectivity index (χ0n) is 8.69. The summed E-state index contributed by atoms with van der Waals surface area (Å²) < 4.78 is 13.5. The number of halogens is 1. The fourth-order valence-electron chi connectivity index (χ4n) is 1.97. The van der Waals surface area contributed by atoms with E-state index in [0.717, 1.165) is 25.0 Å². The van der Waals surface area contributed by atoms with Crippen LogP contribution in [0.15, 0.2) is 18.6 Å². The standard InChI is InChI=1S/C11H16FN3/c12-10-3-1-2-4-11(10)15-8-9-7-13-5-6-14-9/h5-7,10-11,15H,1-4,8H2/t10-,11-/m1/s1. The van der Waals surface area contributed by atoms with Crippen molar-refractivity contribution in [1.29, 1.82) is 0 Å². The van der Waals surface area contributed by atoms with Crippen molar-refractivity contribution in [3.63, 3.8) is 0 Å². The van der Waals surface area contributed by atoms with Crippen LogP contribution in [-0.4, -0.2) is 22.2 Å². The molecule has 0 amide bonds. The lowest BCUT2D eigenvalue weighted by Gasteiger charge is -2.26. The summed E-state index contributed by atoms with van der Waals surface area (Å²) in [5.41, 5.74) is 0.871. The minimum atomic E-state index is -0.699. The number of nitrogens with one attached hydrogen (secondary N) is 1. The number of hydrogen-bond donors (Lipinski definition) is 1. The summed E-state index contributed by atoms with van der Waals surface area (Å²) in [7, 11) is 0. The van der Waals surface area contributed by atoms with Crippen LogP contribution in [0.5, 0.6) is 0 Å². The number of aromatic nitrogens is 2. The summed E-state index contributed by atoms with van der Waals surface area (Å²) in [6.07, 6.45) is 8.08. The van der Waals surface area contributed by atoms with Crippen molar-refractivity contribution >= 4 is 0 Å². The van der Waals surface area contributed by atoms with Crippen molar-refractivity contribution in [3.05, 3.63) is 24.3 Å². The quantitative estimate of drug-likeness (QED) is 0.825. The van der Waals surface area contributed by atoms with Gasteiger partial charge in [-0.2, -0.15) is 0 Å². The van der Waals surface area contributed by atoms with Crippen LogP contribution in [0.2, 0.25) is 0 Å². The van der Waals surface area contributed by atoms with Gasteiger partial charge in [-0.3, -0.25) is 9.97 Å². The molecule has 1 N–H and O–H groups in total. The third-order valence-electron chi connectivity index (χ3n) is 2.84. The molecule has 2 atom stereocenters. The fraction of sp³-hybridized carbons (Fsp3) is 0.636. The van der Waals surface area contributed by atoms with Crippen LogP contribution in [0.3, 0.4) is 0 Å². The predicted molar refractivity (Wildman–Crippen MR) is 56.0 cm³/mol. The molecule has 1 fully saturated rings. The van der Waals surface area contributed by atoms with E-state index in [1.54, 1.807) is 18.6 Å². The zero-order valence-corrected chi connectivity index (χ0v) is 8.69. The van der Waals surface area contributed by atoms with Crippen molar-refractivity contribution in [2.75, 3.05) is 0 Å². The molecule has 1 aromatic heterocycles. The van der Waals surface area contributed by atoms with Crippen LogP contribution in [0.25, 0.3) is 0 Å². The van der Waals surface area contributed by atoms with Gasteiger partial charge in [-0.25, -0.2) is 4.39 Å². The molecular weight excluding hydrogens is 193 g/mol. The normalized spacial score (nSPS) is 26.5. The maximum atomic E-state index is 13.5. The molecule has 3 nitrogen and oxygen atoms in total. The molecule has 2 rings (SSSR count). The van der Waals surface area contributed by atoms with Crippen LogP contribution >= 0.6 is 0 Å². The summed E-state index contributed by atoms with van der Waals surface area (Å²) in [5, 5.41) is 3.21. The Bertz CT molecular complexity index is 291. The molecule has 4 heteroatoms. The van der Waals surface area contributed by atoms with Gasteiger partial charge in [0.15, 0.2) is 0 Å². The minimum absolute atomic E-state index is 0.000700. The van der Waals surface area contributed by atoms with E-state index in [9.17, 15) is 4.39 Å². The summed E-state index contributed by atoms with van der Waals surface area (Å²) in [6, 6.07) is 0.000700. The van der Waals surface area contributed by atoms with E-state index in [0.29, 0.717) is 13.0 Å². The van der Waals surface area contributed by atoms with E-state index in [-0.39, 0.29) is 6.04 Å². The van der Waals surface area contributed by atoms with E-state index < -0.39 is 6.17 Å². The molecule has 1 aliphatic carbocycles. The van der Waals surface area contributed by atoms with Crippen molar-refractivity contribution < 1.29 is 4.39 Å². The van der Waals surface area contributed by atoms with E-state index in [1.165, 1.54) is 0 Å². The Labute approximate surface area is 89.1 Å². The molecule has 1 aliphatic rings. The predicted octanol–water partition coefficient (Wildman–Crippen LogP) is 1.85. The average Bonchev–Trinajstić information content (AvgIpc) is 2.29. The monoisotopic (exact) mass is 209 g/mol. The van der Waals surface area contributed by atoms with Crippen LogP contribution in [0.1, 0.15) is 31.4 Å². The topological polar surface area (TPSA) is 37.8 Å². The number of rotatable bonds is 3. The lowest BCUT2D eigenvalue weighted by Crippen LogP contribution is -2.39. The highest BCUT2D eigenvalue weighted by atomic mass is 19.1. The minimum Gasteiger partial charge on any atom is -0.305 e. The first kappa shape index (κ1) is 10.5. The van der Waals surface area contributed by atoms with Gasteiger partial charge in [0.2, 0.25) is 0 Å². The highest BCUT2D eigenvalue weighted by molar-refractivity contribution is 4.95. The third-order valence-corrected chi connectivity index (χ3v) is 2.84. The Kier molecular flexibility index (Phi) is 3.61. The summed E-state index contributed by atoms with van der Waals surface area (Å²) >= 11 is 0. The zero-order chi connectivity index (χ0) is 10.5. The second-order valence-electron chi connectivity index (χ2n) is 3.98. The number of alkyl halides is 1. The van der Waals surface area contributed by atoms with E-state index >= 15 is 0 Å². The molecule has 0 bridgehead atoms. The molecule has 0 aliphatic heterocycles. The molecule has 0 radical (unpaired) electrons. The number of hydrogen-bond acceptors (Lipinski definition) is 3. The molecule has 0 saturated heterocycles. The largest absolute Gasteiger partial charge is 0.305 e. The summed E-state index contributed by atoms with van der Waals surface area (Å²) in [4.78, 5) is 8.11. The first-order valence-corrected chi connectivity index (χ1v) is 5.48. The van der Waals surface area contributed by atoms with Gasteiger partial charge in [-0.1, -0.05) is 12.8 Å². The lowest BCUT2D eigenvalue weighted by molar-refractivity contribution is 0.188. The Morgan fingerprint density at radius 1 is 1.33 bits per heavy atom. The van der Waals surface area contributed by atoms with Crippen LogP contribution in [-0.2, 0) is 6.54 Å². The molecule has 1 heterocycles. The van der Waals surface area contributed by atoms with Gasteiger partial charge < -0.3 is 5.32 Å². The summed E-state index contributed by atoms with van der Waals surface area (Å²) in [6.45, 7) is 0.610. The molecule has 15 heavy (non-hydrogen) atoms. The maximum Gasteiger partial charge on any atom is 0.115 e. The van der Waals surface area contributed by atoms with Crippen LogP contribution in [0.4, 0.5) is 4.39 Å². The first-order chi connectivity index (χ1) is 7.36. The Morgan fingerprint density at radius 3 is 2.93 bits per heavy atom. The lowest BCUT2D eigenvalue weighted by atomic mass is 9.93. The van der Waals surface area contributed by atoms with Crippen molar-refractivity contribution in [1.82, 2.24) is 15.3 Å². The SMILES string of the molecule is F[C@@H]1CCCC[C@H]1NCc1cnccn1. The van der Waals surface area contributed by atoms with Gasteiger partial charge in [-0.05, 0) is 12.8 Å². The van der Waals surface area contributed by atoms with Crippen molar-refractivity contribution in [3.8, 4) is 0 Å². The fourth-order valence-corrected chi connectivity index (χ4v) is 1.97. The maximum absolute atomic E-state index is 13.5. The Balaban J connectivity index is 1.82. The smallest absolute Gasteiger partial charge is 0.115 e. The highest BCUT2D eigenvalue weighted by Crippen LogP contribution is 2.21. The Morgan fingerprint density at radius 2 is 2.20 bits per heavy atom. The van der Waals surface area contributed by atoms with Crippen LogP contribution < -0.4 is 5.32 Å². The molecule has 0 aromatic carbocycles. The van der Waals surface area contributed by atoms with E-state index in [4.69, 9.17) is 0 Å². The molecule has 1 saturated carbocycles. The molecule has 0 spiro atoms. The van der Waals surface area contributed by atoms with Gasteiger partial charge in [0.1, 0.15) is 6.17 Å². The second kappa shape index (κ2) is 5.16. The Hall–Kier alpha value is -1.03. The third kappa shape index (κ3) is 2.96. The first-order valence-electron chi connectivity index (χ1n) is 5.48. The van der Waals surface area contributed by atoms with Crippen LogP contribution in [0, 0.1) is 0 Å². The summed E-state index contributed by atoms with van der Waals surface area (Å²) in [5.74, 6) is 0. The molecule has 82 valence electrons. The second-order valence-corrected chi connectivity index (χ2v) is 3.98. The van der Waals surface area contributed by atoms with Gasteiger partial charge in [0, 0.05) is 31.2 Å². The van der Waals surface area contributed by atoms with Gasteiger partial charge in [-0.15, -0.1) is 0 Å². The average molecular weight is 209 g/mol. The van der Waals surface area contributed by atoms with E-state index in [1.807, 2.05) is 0 Å². The number of nitrogens with zero attached hydrogens (tertiary/aromatic N) is 2. The van der Waals surface area contributed by atoms with Crippen molar-refractivity contribution in [2.45, 2.75) is 44.4 Å². The van der Waals surface area contributed by atoms with Gasteiger partial charge >= 0.3 is 0 Å². The molecule has 0 unspecified atom stereocenters. The van der Waals surface area contributed by atoms with Crippen molar-refractivity contribution in [2.24, 2.45) is 0 Å². The van der Waals surface area contributed by atoms with E-state index in [2.05, 4.69) is 15.3 Å². The molecule has 1 aromatic rings. The molecular formula is C11H16FN3. The van der Waals surface area contributed by atoms with Gasteiger partial charge in [0.05, 0.1) is 5.69 Å². The highest BCUT2D eigenvalue weighted by Gasteiger charge is 2.23.